The van der Waals surface area contributed by atoms with E-state index in [2.05, 4.69) is 10.2 Å². The van der Waals surface area contributed by atoms with Crippen LogP contribution in [0.1, 0.15) is 12.5 Å². The van der Waals surface area contributed by atoms with Gasteiger partial charge in [-0.05, 0) is 24.6 Å². The minimum atomic E-state index is -0.453. The smallest absolute Gasteiger partial charge is 0.318 e. The second-order valence-corrected chi connectivity index (χ2v) is 7.60. The monoisotopic (exact) mass is 394 g/mol. The lowest BCUT2D eigenvalue weighted by atomic mass is 10.2. The lowest BCUT2D eigenvalue weighted by Gasteiger charge is -2.12. The van der Waals surface area contributed by atoms with Gasteiger partial charge in [-0.15, -0.1) is 10.2 Å². The maximum atomic E-state index is 13.1. The van der Waals surface area contributed by atoms with E-state index in [-0.39, 0.29) is 11.5 Å². The number of para-hydroxylation sites is 1. The summed E-state index contributed by atoms with van der Waals surface area (Å²) >= 11 is 1.25. The topological polar surface area (TPSA) is 78.5 Å². The van der Waals surface area contributed by atoms with Crippen molar-refractivity contribution in [3.63, 3.8) is 0 Å². The first-order chi connectivity index (χ1) is 13.6. The number of fused-ring (bicyclic) bond motifs is 3. The van der Waals surface area contributed by atoms with Crippen LogP contribution >= 0.6 is 11.8 Å². The second-order valence-electron chi connectivity index (χ2n) is 6.30. The summed E-state index contributed by atoms with van der Waals surface area (Å²) in [4.78, 5) is 25.0. The molecule has 0 radical (unpaired) electrons. The minimum absolute atomic E-state index is 0.128. The zero-order valence-electron chi connectivity index (χ0n) is 15.4. The zero-order valence-corrected chi connectivity index (χ0v) is 16.2. The number of esters is 1. The predicted molar refractivity (Wildman–Crippen MR) is 108 cm³/mol. The van der Waals surface area contributed by atoms with Crippen LogP contribution in [-0.4, -0.2) is 37.5 Å². The van der Waals surface area contributed by atoms with Gasteiger partial charge in [0.25, 0.3) is 5.56 Å². The average Bonchev–Trinajstić information content (AvgIpc) is 3.14. The van der Waals surface area contributed by atoms with E-state index in [0.717, 1.165) is 5.56 Å². The van der Waals surface area contributed by atoms with E-state index in [1.54, 1.807) is 17.6 Å². The first kappa shape index (κ1) is 18.2. The number of hydrogen-bond acceptors (Lipinski definition) is 6. The molecular formula is C20H18N4O3S. The third-order valence-corrected chi connectivity index (χ3v) is 5.50. The third kappa shape index (κ3) is 3.16. The Labute approximate surface area is 165 Å². The van der Waals surface area contributed by atoms with E-state index >= 15 is 0 Å². The fourth-order valence-corrected chi connectivity index (χ4v) is 3.97. The SMILES string of the molecule is COC(=O)C(C)Sc1nnc2n(Cc3ccccc3)c(=O)c3ccccc3n12. The molecule has 0 aliphatic heterocycles. The van der Waals surface area contributed by atoms with Crippen LogP contribution in [0, 0.1) is 0 Å². The molecule has 4 rings (SSSR count). The van der Waals surface area contributed by atoms with Gasteiger partial charge in [0.1, 0.15) is 5.25 Å². The van der Waals surface area contributed by atoms with Gasteiger partial charge in [-0.25, -0.2) is 0 Å². The number of methoxy groups -OCH3 is 1. The number of rotatable bonds is 5. The normalized spacial score (nSPS) is 12.4. The summed E-state index contributed by atoms with van der Waals surface area (Å²) in [5.41, 5.74) is 1.57. The Bertz CT molecular complexity index is 1220. The van der Waals surface area contributed by atoms with Gasteiger partial charge in [0.2, 0.25) is 5.78 Å². The molecule has 0 fully saturated rings. The molecule has 0 spiro atoms. The van der Waals surface area contributed by atoms with Crippen molar-refractivity contribution >= 4 is 34.4 Å². The van der Waals surface area contributed by atoms with E-state index in [4.69, 9.17) is 4.74 Å². The van der Waals surface area contributed by atoms with Crippen molar-refractivity contribution in [1.29, 1.82) is 0 Å². The fourth-order valence-electron chi connectivity index (χ4n) is 3.09. The lowest BCUT2D eigenvalue weighted by Crippen LogP contribution is -2.24. The van der Waals surface area contributed by atoms with Crippen LogP contribution in [0.4, 0.5) is 0 Å². The summed E-state index contributed by atoms with van der Waals surface area (Å²) in [6.07, 6.45) is 0. The highest BCUT2D eigenvalue weighted by molar-refractivity contribution is 8.00. The van der Waals surface area contributed by atoms with E-state index in [1.807, 2.05) is 52.9 Å². The number of ether oxygens (including phenoxy) is 1. The molecule has 0 aliphatic rings. The predicted octanol–water partition coefficient (Wildman–Crippen LogP) is 2.75. The third-order valence-electron chi connectivity index (χ3n) is 4.48. The van der Waals surface area contributed by atoms with Crippen molar-refractivity contribution in [3.8, 4) is 0 Å². The second kappa shape index (κ2) is 7.47. The average molecular weight is 394 g/mol. The number of thioether (sulfide) groups is 1. The minimum Gasteiger partial charge on any atom is -0.468 e. The van der Waals surface area contributed by atoms with Gasteiger partial charge in [-0.2, -0.15) is 0 Å². The van der Waals surface area contributed by atoms with Crippen molar-refractivity contribution in [2.24, 2.45) is 0 Å². The van der Waals surface area contributed by atoms with Gasteiger partial charge in [0, 0.05) is 0 Å². The van der Waals surface area contributed by atoms with Crippen molar-refractivity contribution in [3.05, 3.63) is 70.5 Å². The van der Waals surface area contributed by atoms with Gasteiger partial charge >= 0.3 is 5.97 Å². The number of benzene rings is 2. The molecule has 8 heteroatoms. The van der Waals surface area contributed by atoms with E-state index < -0.39 is 5.25 Å². The first-order valence-corrected chi connectivity index (χ1v) is 9.63. The maximum Gasteiger partial charge on any atom is 0.318 e. The molecule has 4 aromatic rings. The fraction of sp³-hybridized carbons (Fsp3) is 0.200. The van der Waals surface area contributed by atoms with Crippen LogP contribution in [0.5, 0.6) is 0 Å². The molecule has 28 heavy (non-hydrogen) atoms. The Hall–Kier alpha value is -3.13. The van der Waals surface area contributed by atoms with Crippen LogP contribution in [0.2, 0.25) is 0 Å². The van der Waals surface area contributed by atoms with Crippen LogP contribution < -0.4 is 5.56 Å². The summed E-state index contributed by atoms with van der Waals surface area (Å²) < 4.78 is 8.24. The van der Waals surface area contributed by atoms with Crippen molar-refractivity contribution in [1.82, 2.24) is 19.2 Å². The molecule has 1 unspecified atom stereocenters. The number of carbonyl (C=O) groups excluding carboxylic acids is 1. The Morgan fingerprint density at radius 2 is 1.82 bits per heavy atom. The molecule has 7 nitrogen and oxygen atoms in total. The molecule has 0 bridgehead atoms. The summed E-state index contributed by atoms with van der Waals surface area (Å²) in [6.45, 7) is 2.13. The Kier molecular flexibility index (Phi) is 4.87. The molecule has 2 aromatic heterocycles. The van der Waals surface area contributed by atoms with E-state index in [0.29, 0.717) is 28.4 Å². The summed E-state index contributed by atoms with van der Waals surface area (Å²) in [7, 11) is 1.36. The number of carbonyl (C=O) groups is 1. The molecule has 0 saturated heterocycles. The number of nitrogens with zero attached hydrogens (tertiary/aromatic N) is 4. The van der Waals surface area contributed by atoms with Crippen LogP contribution in [0.15, 0.2) is 64.5 Å². The molecule has 2 heterocycles. The van der Waals surface area contributed by atoms with Crippen LogP contribution in [-0.2, 0) is 16.1 Å². The van der Waals surface area contributed by atoms with Gasteiger partial charge in [0.15, 0.2) is 5.16 Å². The molecule has 2 aromatic carbocycles. The Balaban J connectivity index is 1.93. The van der Waals surface area contributed by atoms with E-state index in [1.165, 1.54) is 18.9 Å². The highest BCUT2D eigenvalue weighted by Gasteiger charge is 2.21. The van der Waals surface area contributed by atoms with Gasteiger partial charge in [-0.3, -0.25) is 18.6 Å². The highest BCUT2D eigenvalue weighted by atomic mass is 32.2. The molecule has 0 N–H and O–H groups in total. The molecular weight excluding hydrogens is 376 g/mol. The summed E-state index contributed by atoms with van der Waals surface area (Å²) in [5.74, 6) is 0.0933. The molecule has 1 atom stereocenters. The van der Waals surface area contributed by atoms with Crippen molar-refractivity contribution in [2.45, 2.75) is 23.9 Å². The maximum absolute atomic E-state index is 13.1. The highest BCUT2D eigenvalue weighted by Crippen LogP contribution is 2.25. The number of hydrogen-bond donors (Lipinski definition) is 0. The van der Waals surface area contributed by atoms with Crippen LogP contribution in [0.3, 0.4) is 0 Å². The first-order valence-electron chi connectivity index (χ1n) is 8.75. The molecule has 0 aliphatic carbocycles. The van der Waals surface area contributed by atoms with Gasteiger partial charge in [0.05, 0.1) is 24.6 Å². The molecule has 0 amide bonds. The molecule has 0 saturated carbocycles. The summed E-state index contributed by atoms with van der Waals surface area (Å²) in [5, 5.41) is 9.17. The zero-order chi connectivity index (χ0) is 19.7. The lowest BCUT2D eigenvalue weighted by molar-refractivity contribution is -0.139. The van der Waals surface area contributed by atoms with E-state index in [9.17, 15) is 9.59 Å². The van der Waals surface area contributed by atoms with Gasteiger partial charge in [-0.1, -0.05) is 54.2 Å². The van der Waals surface area contributed by atoms with Gasteiger partial charge < -0.3 is 4.74 Å². The summed E-state index contributed by atoms with van der Waals surface area (Å²) in [6, 6.07) is 17.1. The largest absolute Gasteiger partial charge is 0.468 e. The van der Waals surface area contributed by atoms with Crippen LogP contribution in [0.25, 0.3) is 16.7 Å². The Morgan fingerprint density at radius 3 is 2.57 bits per heavy atom. The van der Waals surface area contributed by atoms with Crippen molar-refractivity contribution in [2.75, 3.05) is 7.11 Å². The van der Waals surface area contributed by atoms with Crippen molar-refractivity contribution < 1.29 is 9.53 Å². The Morgan fingerprint density at radius 1 is 1.11 bits per heavy atom. The molecule has 142 valence electrons. The quantitative estimate of drug-likeness (QED) is 0.383. The standard InChI is InChI=1S/C20H18N4O3S/c1-13(18(26)27-2)28-20-22-21-19-23(12-14-8-4-3-5-9-14)17(25)15-10-6-7-11-16(15)24(19)20/h3-11,13H,12H2,1-2H3. The number of aromatic nitrogens is 4.